The Morgan fingerprint density at radius 3 is 2.72 bits per heavy atom. The van der Waals surface area contributed by atoms with E-state index in [4.69, 9.17) is 13.9 Å². The third-order valence-corrected chi connectivity index (χ3v) is 6.53. The van der Waals surface area contributed by atoms with E-state index in [1.54, 1.807) is 30.3 Å². The highest BCUT2D eigenvalue weighted by Crippen LogP contribution is 2.42. The number of aromatic amines is 1. The maximum Gasteiger partial charge on any atom is 0.231 e. The van der Waals surface area contributed by atoms with Gasteiger partial charge in [0.15, 0.2) is 16.9 Å². The Bertz CT molecular complexity index is 1670. The standard InChI is InChI=1S/C28H22N2O6/c31-23-12-26-25(35-15-36-26)10-20(23)19(21-14-34-24-7-2-1-5-18(24)28(21)33)11-27(32)30-13-16-4-3-6-22-17(16)8-9-29-22/h1-10,12,14,19,29,31H,11,13,15H2,(H,30,32). The van der Waals surface area contributed by atoms with Crippen LogP contribution in [0.15, 0.2) is 82.3 Å². The molecule has 0 fully saturated rings. The van der Waals surface area contributed by atoms with Crippen molar-refractivity contribution in [3.05, 3.63) is 100 Å². The van der Waals surface area contributed by atoms with Gasteiger partial charge in [0.05, 0.1) is 11.6 Å². The lowest BCUT2D eigenvalue weighted by atomic mass is 9.87. The number of H-pyrrole nitrogens is 1. The van der Waals surface area contributed by atoms with Crippen molar-refractivity contribution in [1.29, 1.82) is 0 Å². The van der Waals surface area contributed by atoms with Gasteiger partial charge in [-0.25, -0.2) is 0 Å². The van der Waals surface area contributed by atoms with Crippen LogP contribution in [0.3, 0.4) is 0 Å². The highest BCUT2D eigenvalue weighted by atomic mass is 16.7. The molecule has 0 spiro atoms. The number of carbonyl (C=O) groups excluding carboxylic acids is 1. The Balaban J connectivity index is 1.36. The summed E-state index contributed by atoms with van der Waals surface area (Å²) in [5, 5.41) is 15.2. The number of rotatable bonds is 6. The van der Waals surface area contributed by atoms with Crippen LogP contribution >= 0.6 is 0 Å². The Morgan fingerprint density at radius 1 is 1.00 bits per heavy atom. The molecular weight excluding hydrogens is 460 g/mol. The fourth-order valence-corrected chi connectivity index (χ4v) is 4.70. The smallest absolute Gasteiger partial charge is 0.231 e. The van der Waals surface area contributed by atoms with Gasteiger partial charge >= 0.3 is 0 Å². The van der Waals surface area contributed by atoms with Crippen molar-refractivity contribution in [3.63, 3.8) is 0 Å². The maximum atomic E-state index is 13.4. The molecule has 3 N–H and O–H groups in total. The molecule has 3 aromatic carbocycles. The number of amides is 1. The molecule has 1 aliphatic heterocycles. The van der Waals surface area contributed by atoms with Crippen molar-refractivity contribution >= 4 is 27.8 Å². The van der Waals surface area contributed by atoms with Gasteiger partial charge < -0.3 is 29.3 Å². The van der Waals surface area contributed by atoms with Crippen LogP contribution in [0.4, 0.5) is 0 Å². The lowest BCUT2D eigenvalue weighted by Crippen LogP contribution is -2.26. The zero-order valence-corrected chi connectivity index (χ0v) is 19.1. The van der Waals surface area contributed by atoms with Gasteiger partial charge in [0.1, 0.15) is 11.3 Å². The molecule has 8 nitrogen and oxygen atoms in total. The predicted molar refractivity (Wildman–Crippen MR) is 133 cm³/mol. The van der Waals surface area contributed by atoms with Crippen molar-refractivity contribution < 1.29 is 23.8 Å². The summed E-state index contributed by atoms with van der Waals surface area (Å²) < 4.78 is 16.6. The number of aromatic hydroxyl groups is 1. The molecule has 2 aromatic heterocycles. The van der Waals surface area contributed by atoms with Crippen molar-refractivity contribution in [1.82, 2.24) is 10.3 Å². The van der Waals surface area contributed by atoms with Crippen LogP contribution in [0.2, 0.25) is 0 Å². The van der Waals surface area contributed by atoms with E-state index in [0.29, 0.717) is 34.6 Å². The monoisotopic (exact) mass is 482 g/mol. The second-order valence-electron chi connectivity index (χ2n) is 8.67. The molecule has 0 saturated heterocycles. The van der Waals surface area contributed by atoms with Gasteiger partial charge in [-0.05, 0) is 35.9 Å². The number of para-hydroxylation sites is 1. The molecule has 0 radical (unpaired) electrons. The number of phenolic OH excluding ortho intramolecular Hbond substituents is 1. The van der Waals surface area contributed by atoms with Crippen molar-refractivity contribution in [2.45, 2.75) is 18.9 Å². The number of nitrogens with one attached hydrogen (secondary N) is 2. The lowest BCUT2D eigenvalue weighted by Gasteiger charge is -2.19. The van der Waals surface area contributed by atoms with E-state index in [1.165, 1.54) is 12.3 Å². The summed E-state index contributed by atoms with van der Waals surface area (Å²) in [5.74, 6) is -0.301. The first-order valence-corrected chi connectivity index (χ1v) is 11.5. The predicted octanol–water partition coefficient (Wildman–Crippen LogP) is 4.55. The molecule has 0 aliphatic carbocycles. The molecule has 0 bridgehead atoms. The average Bonchev–Trinajstić information content (AvgIpc) is 3.56. The molecule has 8 heteroatoms. The summed E-state index contributed by atoms with van der Waals surface area (Å²) in [7, 11) is 0. The van der Waals surface area contributed by atoms with Crippen LogP contribution in [0.25, 0.3) is 21.9 Å². The Kier molecular flexibility index (Phi) is 5.33. The summed E-state index contributed by atoms with van der Waals surface area (Å²) in [4.78, 5) is 29.8. The molecule has 6 rings (SSSR count). The van der Waals surface area contributed by atoms with Gasteiger partial charge in [-0.2, -0.15) is 0 Å². The zero-order chi connectivity index (χ0) is 24.6. The Hall–Kier alpha value is -4.72. The third-order valence-electron chi connectivity index (χ3n) is 6.53. The number of phenols is 1. The Labute approximate surface area is 205 Å². The largest absolute Gasteiger partial charge is 0.508 e. The highest BCUT2D eigenvalue weighted by molar-refractivity contribution is 5.84. The van der Waals surface area contributed by atoms with Gasteiger partial charge in [-0.15, -0.1) is 0 Å². The SMILES string of the molecule is O=C(CC(c1cc2c(cc1O)OCO2)c1coc2ccccc2c1=O)NCc1cccc2[nH]ccc12. The topological polar surface area (TPSA) is 114 Å². The molecule has 1 aliphatic rings. The number of hydrogen-bond acceptors (Lipinski definition) is 6. The molecule has 1 amide bonds. The summed E-state index contributed by atoms with van der Waals surface area (Å²) in [6.45, 7) is 0.354. The van der Waals surface area contributed by atoms with Crippen LogP contribution in [0.5, 0.6) is 17.2 Å². The van der Waals surface area contributed by atoms with Crippen LogP contribution in [-0.2, 0) is 11.3 Å². The summed E-state index contributed by atoms with van der Waals surface area (Å²) in [6, 6.07) is 17.8. The molecule has 1 unspecified atom stereocenters. The molecular formula is C28H22N2O6. The number of fused-ring (bicyclic) bond motifs is 3. The van der Waals surface area contributed by atoms with Crippen molar-refractivity contribution in [3.8, 4) is 17.2 Å². The van der Waals surface area contributed by atoms with Crippen LogP contribution in [-0.4, -0.2) is 22.8 Å². The molecule has 36 heavy (non-hydrogen) atoms. The van der Waals surface area contributed by atoms with Gasteiger partial charge in [-0.3, -0.25) is 9.59 Å². The van der Waals surface area contributed by atoms with Gasteiger partial charge in [0.25, 0.3) is 0 Å². The van der Waals surface area contributed by atoms with Crippen LogP contribution in [0.1, 0.15) is 29.0 Å². The van der Waals surface area contributed by atoms with Gasteiger partial charge in [0.2, 0.25) is 12.7 Å². The van der Waals surface area contributed by atoms with Crippen molar-refractivity contribution in [2.75, 3.05) is 6.79 Å². The van der Waals surface area contributed by atoms with E-state index >= 15 is 0 Å². The first-order valence-electron chi connectivity index (χ1n) is 11.5. The summed E-state index contributed by atoms with van der Waals surface area (Å²) >= 11 is 0. The van der Waals surface area contributed by atoms with Crippen LogP contribution in [0, 0.1) is 0 Å². The summed E-state index contributed by atoms with van der Waals surface area (Å²) in [6.07, 6.45) is 3.14. The second-order valence-corrected chi connectivity index (χ2v) is 8.67. The lowest BCUT2D eigenvalue weighted by molar-refractivity contribution is -0.121. The molecule has 0 saturated carbocycles. The van der Waals surface area contributed by atoms with Crippen molar-refractivity contribution in [2.24, 2.45) is 0 Å². The Morgan fingerprint density at radius 2 is 1.83 bits per heavy atom. The van der Waals surface area contributed by atoms with Crippen LogP contribution < -0.4 is 20.2 Å². The fraction of sp³-hybridized carbons (Fsp3) is 0.143. The summed E-state index contributed by atoms with van der Waals surface area (Å²) in [5.41, 5.74) is 2.79. The normalized spacial score (nSPS) is 13.2. The van der Waals surface area contributed by atoms with E-state index in [9.17, 15) is 14.7 Å². The van der Waals surface area contributed by atoms with E-state index < -0.39 is 5.92 Å². The zero-order valence-electron chi connectivity index (χ0n) is 19.1. The second kappa shape index (κ2) is 8.81. The van der Waals surface area contributed by atoms with Gasteiger partial charge in [0, 0.05) is 53.2 Å². The number of hydrogen-bond donors (Lipinski definition) is 3. The van der Waals surface area contributed by atoms with E-state index in [1.807, 2.05) is 30.5 Å². The molecule has 1 atom stereocenters. The van der Waals surface area contributed by atoms with Gasteiger partial charge in [-0.1, -0.05) is 24.3 Å². The molecule has 180 valence electrons. The van der Waals surface area contributed by atoms with E-state index in [0.717, 1.165) is 16.5 Å². The number of carbonyl (C=O) groups is 1. The minimum Gasteiger partial charge on any atom is -0.508 e. The fourth-order valence-electron chi connectivity index (χ4n) is 4.70. The minimum absolute atomic E-state index is 0.0339. The maximum absolute atomic E-state index is 13.4. The molecule has 3 heterocycles. The minimum atomic E-state index is -0.775. The number of aromatic nitrogens is 1. The van der Waals surface area contributed by atoms with E-state index in [2.05, 4.69) is 10.3 Å². The first kappa shape index (κ1) is 21.8. The molecule has 5 aromatic rings. The van der Waals surface area contributed by atoms with E-state index in [-0.39, 0.29) is 35.9 Å². The third kappa shape index (κ3) is 3.82. The number of benzene rings is 3. The average molecular weight is 482 g/mol. The quantitative estimate of drug-likeness (QED) is 0.327. The number of ether oxygens (including phenoxy) is 2. The first-order chi connectivity index (χ1) is 17.6. The highest BCUT2D eigenvalue weighted by Gasteiger charge is 2.28.